The molecule has 1 unspecified atom stereocenters. The summed E-state index contributed by atoms with van der Waals surface area (Å²) in [6.07, 6.45) is 3.73. The predicted octanol–water partition coefficient (Wildman–Crippen LogP) is 2.85. The Balaban J connectivity index is 1.78. The van der Waals surface area contributed by atoms with Crippen LogP contribution in [0.2, 0.25) is 0 Å². The van der Waals surface area contributed by atoms with Crippen LogP contribution in [0.15, 0.2) is 22.9 Å². The van der Waals surface area contributed by atoms with E-state index in [0.29, 0.717) is 11.7 Å². The van der Waals surface area contributed by atoms with Crippen molar-refractivity contribution in [1.29, 1.82) is 0 Å². The number of pyridine rings is 1. The van der Waals surface area contributed by atoms with Crippen LogP contribution in [-0.4, -0.2) is 26.4 Å². The minimum absolute atomic E-state index is 0.0340. The van der Waals surface area contributed by atoms with Crippen LogP contribution in [-0.2, 0) is 4.74 Å². The van der Waals surface area contributed by atoms with E-state index in [4.69, 9.17) is 9.26 Å². The van der Waals surface area contributed by atoms with Gasteiger partial charge in [0.25, 0.3) is 5.89 Å². The van der Waals surface area contributed by atoms with Gasteiger partial charge in [0.2, 0.25) is 5.82 Å². The standard InChI is InChI=1S/C15H16N4O2/c1-9-5-6-12-11(8-16-19(12)10(9)2)15-17-14(18-21-15)13-4-3-7-20-13/h5-6,8,13H,3-4,7H2,1-2H3. The topological polar surface area (TPSA) is 65.5 Å². The fourth-order valence-corrected chi connectivity index (χ4v) is 2.70. The second-order valence-electron chi connectivity index (χ2n) is 5.42. The normalized spacial score (nSPS) is 18.7. The Kier molecular flexibility index (Phi) is 2.78. The lowest BCUT2D eigenvalue weighted by atomic mass is 10.2. The summed E-state index contributed by atoms with van der Waals surface area (Å²) in [5.74, 6) is 1.13. The third kappa shape index (κ3) is 1.94. The zero-order valence-electron chi connectivity index (χ0n) is 12.0. The van der Waals surface area contributed by atoms with Crippen LogP contribution in [0.25, 0.3) is 17.0 Å². The van der Waals surface area contributed by atoms with Crippen LogP contribution in [0, 0.1) is 13.8 Å². The van der Waals surface area contributed by atoms with Crippen molar-refractivity contribution in [3.63, 3.8) is 0 Å². The highest BCUT2D eigenvalue weighted by Gasteiger charge is 2.24. The van der Waals surface area contributed by atoms with Crippen molar-refractivity contribution in [3.05, 3.63) is 35.4 Å². The maximum absolute atomic E-state index is 5.59. The van der Waals surface area contributed by atoms with E-state index in [9.17, 15) is 0 Å². The number of ether oxygens (including phenoxy) is 1. The molecule has 0 spiro atoms. The van der Waals surface area contributed by atoms with Gasteiger partial charge in [-0.2, -0.15) is 10.1 Å². The van der Waals surface area contributed by atoms with E-state index >= 15 is 0 Å². The molecule has 1 aliphatic heterocycles. The highest BCUT2D eigenvalue weighted by molar-refractivity contribution is 5.75. The van der Waals surface area contributed by atoms with Gasteiger partial charge in [-0.1, -0.05) is 11.2 Å². The lowest BCUT2D eigenvalue weighted by Gasteiger charge is -2.03. The summed E-state index contributed by atoms with van der Waals surface area (Å²) in [5, 5.41) is 8.47. The van der Waals surface area contributed by atoms with Crippen molar-refractivity contribution in [2.24, 2.45) is 0 Å². The molecule has 0 bridgehead atoms. The van der Waals surface area contributed by atoms with Gasteiger partial charge in [0.15, 0.2) is 0 Å². The van der Waals surface area contributed by atoms with Gasteiger partial charge in [0.1, 0.15) is 6.10 Å². The van der Waals surface area contributed by atoms with Crippen molar-refractivity contribution in [1.82, 2.24) is 19.8 Å². The van der Waals surface area contributed by atoms with E-state index in [1.54, 1.807) is 6.20 Å². The Labute approximate surface area is 121 Å². The van der Waals surface area contributed by atoms with Crippen LogP contribution in [0.3, 0.4) is 0 Å². The molecule has 21 heavy (non-hydrogen) atoms. The number of hydrogen-bond donors (Lipinski definition) is 0. The van der Waals surface area contributed by atoms with Gasteiger partial charge in [0.05, 0.1) is 17.3 Å². The van der Waals surface area contributed by atoms with Crippen LogP contribution in [0.1, 0.15) is 36.0 Å². The maximum atomic E-state index is 5.59. The fourth-order valence-electron chi connectivity index (χ4n) is 2.70. The summed E-state index contributed by atoms with van der Waals surface area (Å²) in [6, 6.07) is 4.10. The molecule has 4 rings (SSSR count). The molecule has 0 amide bonds. The minimum Gasteiger partial charge on any atom is -0.370 e. The zero-order valence-corrected chi connectivity index (χ0v) is 12.0. The molecule has 0 saturated carbocycles. The summed E-state index contributed by atoms with van der Waals surface area (Å²) < 4.78 is 12.9. The fraction of sp³-hybridized carbons (Fsp3) is 0.400. The number of aryl methyl sites for hydroxylation is 2. The summed E-state index contributed by atoms with van der Waals surface area (Å²) in [6.45, 7) is 4.88. The van der Waals surface area contributed by atoms with Crippen LogP contribution in [0.5, 0.6) is 0 Å². The van der Waals surface area contributed by atoms with Crippen molar-refractivity contribution in [2.45, 2.75) is 32.8 Å². The summed E-state index contributed by atoms with van der Waals surface area (Å²) >= 11 is 0. The number of fused-ring (bicyclic) bond motifs is 1. The van der Waals surface area contributed by atoms with Crippen molar-refractivity contribution in [3.8, 4) is 11.5 Å². The maximum Gasteiger partial charge on any atom is 0.261 e. The van der Waals surface area contributed by atoms with Gasteiger partial charge in [-0.3, -0.25) is 0 Å². The van der Waals surface area contributed by atoms with Gasteiger partial charge >= 0.3 is 0 Å². The largest absolute Gasteiger partial charge is 0.370 e. The monoisotopic (exact) mass is 284 g/mol. The molecule has 1 saturated heterocycles. The average molecular weight is 284 g/mol. The molecule has 0 N–H and O–H groups in total. The molecular weight excluding hydrogens is 268 g/mol. The zero-order chi connectivity index (χ0) is 14.4. The first-order valence-corrected chi connectivity index (χ1v) is 7.13. The average Bonchev–Trinajstić information content (AvgIpc) is 3.20. The molecule has 1 aliphatic rings. The van der Waals surface area contributed by atoms with Gasteiger partial charge in [-0.25, -0.2) is 4.52 Å². The summed E-state index contributed by atoms with van der Waals surface area (Å²) in [5.41, 5.74) is 4.14. The minimum atomic E-state index is -0.0340. The van der Waals surface area contributed by atoms with Crippen molar-refractivity contribution in [2.75, 3.05) is 6.61 Å². The highest BCUT2D eigenvalue weighted by atomic mass is 16.5. The summed E-state index contributed by atoms with van der Waals surface area (Å²) in [4.78, 5) is 4.48. The lowest BCUT2D eigenvalue weighted by Crippen LogP contribution is -1.98. The lowest BCUT2D eigenvalue weighted by molar-refractivity contribution is 0.103. The highest BCUT2D eigenvalue weighted by Crippen LogP contribution is 2.30. The van der Waals surface area contributed by atoms with Crippen LogP contribution in [0.4, 0.5) is 0 Å². The molecular formula is C15H16N4O2. The predicted molar refractivity (Wildman–Crippen MR) is 75.9 cm³/mol. The van der Waals surface area contributed by atoms with Crippen molar-refractivity contribution < 1.29 is 9.26 Å². The third-order valence-electron chi connectivity index (χ3n) is 4.08. The molecule has 3 aromatic heterocycles. The smallest absolute Gasteiger partial charge is 0.261 e. The van der Waals surface area contributed by atoms with Gasteiger partial charge < -0.3 is 9.26 Å². The van der Waals surface area contributed by atoms with Crippen LogP contribution >= 0.6 is 0 Å². The molecule has 1 fully saturated rings. The van der Waals surface area contributed by atoms with E-state index in [1.165, 1.54) is 5.56 Å². The Morgan fingerprint density at radius 3 is 3.00 bits per heavy atom. The number of hydrogen-bond acceptors (Lipinski definition) is 5. The molecule has 1 atom stereocenters. The molecule has 4 heterocycles. The first-order chi connectivity index (χ1) is 10.2. The molecule has 6 heteroatoms. The molecule has 0 radical (unpaired) electrons. The number of rotatable bonds is 2. The molecule has 6 nitrogen and oxygen atoms in total. The molecule has 0 aliphatic carbocycles. The summed E-state index contributed by atoms with van der Waals surface area (Å²) in [7, 11) is 0. The van der Waals surface area contributed by atoms with E-state index in [0.717, 1.165) is 36.2 Å². The number of aromatic nitrogens is 4. The molecule has 0 aromatic carbocycles. The first kappa shape index (κ1) is 12.5. The Hall–Kier alpha value is -2.21. The Morgan fingerprint density at radius 1 is 1.29 bits per heavy atom. The second kappa shape index (κ2) is 4.66. The van der Waals surface area contributed by atoms with E-state index < -0.39 is 0 Å². The second-order valence-corrected chi connectivity index (χ2v) is 5.42. The van der Waals surface area contributed by atoms with E-state index in [2.05, 4.69) is 28.2 Å². The van der Waals surface area contributed by atoms with Gasteiger partial charge in [-0.15, -0.1) is 0 Å². The third-order valence-corrected chi connectivity index (χ3v) is 4.08. The van der Waals surface area contributed by atoms with Crippen molar-refractivity contribution >= 4 is 5.52 Å². The van der Waals surface area contributed by atoms with Gasteiger partial charge in [-0.05, 0) is 38.3 Å². The molecule has 108 valence electrons. The van der Waals surface area contributed by atoms with E-state index in [1.807, 2.05) is 17.5 Å². The quantitative estimate of drug-likeness (QED) is 0.724. The van der Waals surface area contributed by atoms with Gasteiger partial charge in [0, 0.05) is 12.3 Å². The first-order valence-electron chi connectivity index (χ1n) is 7.13. The van der Waals surface area contributed by atoms with E-state index in [-0.39, 0.29) is 6.10 Å². The SMILES string of the molecule is Cc1ccc2c(-c3nc(C4CCCO4)no3)cnn2c1C. The number of nitrogens with zero attached hydrogens (tertiary/aromatic N) is 4. The van der Waals surface area contributed by atoms with Crippen LogP contribution < -0.4 is 0 Å². The molecule has 3 aromatic rings. The Morgan fingerprint density at radius 2 is 2.19 bits per heavy atom. The Bertz CT molecular complexity index is 799.